The van der Waals surface area contributed by atoms with E-state index in [0.717, 1.165) is 16.7 Å². The van der Waals surface area contributed by atoms with Crippen LogP contribution in [0.5, 0.6) is 0 Å². The van der Waals surface area contributed by atoms with Crippen molar-refractivity contribution in [2.24, 2.45) is 0 Å². The van der Waals surface area contributed by atoms with Crippen LogP contribution in [0.2, 0.25) is 5.02 Å². The number of hydrogen-bond acceptors (Lipinski definition) is 1. The molecule has 3 heteroatoms. The first-order valence-corrected chi connectivity index (χ1v) is 6.26. The number of aliphatic hydroxyl groups is 1. The second-order valence-electron chi connectivity index (χ2n) is 4.60. The van der Waals surface area contributed by atoms with Crippen molar-refractivity contribution >= 4 is 11.6 Å². The summed E-state index contributed by atoms with van der Waals surface area (Å²) in [7, 11) is 0. The molecule has 2 atom stereocenters. The Kier molecular flexibility index (Phi) is 2.84. The molecule has 0 aliphatic heterocycles. The van der Waals surface area contributed by atoms with Crippen molar-refractivity contribution in [3.63, 3.8) is 0 Å². The lowest BCUT2D eigenvalue weighted by molar-refractivity contribution is 0.176. The average Bonchev–Trinajstić information content (AvgIpc) is 2.69. The molecule has 0 fully saturated rings. The topological polar surface area (TPSA) is 20.2 Å². The van der Waals surface area contributed by atoms with Crippen LogP contribution in [0.15, 0.2) is 42.5 Å². The van der Waals surface area contributed by atoms with Crippen molar-refractivity contribution in [2.45, 2.75) is 18.4 Å². The predicted octanol–water partition coefficient (Wildman–Crippen LogP) is 4.05. The zero-order chi connectivity index (χ0) is 12.7. The third-order valence-electron chi connectivity index (χ3n) is 3.53. The number of hydrogen-bond donors (Lipinski definition) is 1. The van der Waals surface area contributed by atoms with E-state index < -0.39 is 6.10 Å². The van der Waals surface area contributed by atoms with Crippen LogP contribution in [-0.2, 0) is 0 Å². The van der Waals surface area contributed by atoms with E-state index in [1.807, 2.05) is 12.1 Å². The third kappa shape index (κ3) is 1.82. The first kappa shape index (κ1) is 11.7. The molecule has 2 aromatic rings. The van der Waals surface area contributed by atoms with Gasteiger partial charge in [0, 0.05) is 16.5 Å². The SMILES string of the molecule is O[C@H]1C[C@@H](c2ccc(F)cc2)c2cccc(Cl)c21. The second-order valence-corrected chi connectivity index (χ2v) is 5.01. The van der Waals surface area contributed by atoms with Gasteiger partial charge >= 0.3 is 0 Å². The van der Waals surface area contributed by atoms with Crippen LogP contribution >= 0.6 is 11.6 Å². The molecule has 0 unspecified atom stereocenters. The Morgan fingerprint density at radius 3 is 2.56 bits per heavy atom. The van der Waals surface area contributed by atoms with Gasteiger partial charge in [-0.05, 0) is 35.7 Å². The van der Waals surface area contributed by atoms with Crippen LogP contribution < -0.4 is 0 Å². The average molecular weight is 263 g/mol. The molecular weight excluding hydrogens is 251 g/mol. The zero-order valence-corrected chi connectivity index (χ0v) is 10.4. The van der Waals surface area contributed by atoms with Crippen LogP contribution in [0.25, 0.3) is 0 Å². The van der Waals surface area contributed by atoms with Crippen molar-refractivity contribution in [2.75, 3.05) is 0 Å². The first-order chi connectivity index (χ1) is 8.66. The standard InChI is InChI=1S/C15H12ClFO/c16-13-3-1-2-11-12(8-14(18)15(11)13)9-4-6-10(17)7-5-9/h1-7,12,14,18H,8H2/t12-,14-/m0/s1. The van der Waals surface area contributed by atoms with E-state index in [2.05, 4.69) is 0 Å². The highest BCUT2D eigenvalue weighted by molar-refractivity contribution is 6.31. The van der Waals surface area contributed by atoms with Gasteiger partial charge in [0.2, 0.25) is 0 Å². The van der Waals surface area contributed by atoms with Crippen LogP contribution in [-0.4, -0.2) is 5.11 Å². The highest BCUT2D eigenvalue weighted by Gasteiger charge is 2.32. The van der Waals surface area contributed by atoms with Crippen molar-refractivity contribution in [1.82, 2.24) is 0 Å². The van der Waals surface area contributed by atoms with Crippen LogP contribution in [0.4, 0.5) is 4.39 Å². The predicted molar refractivity (Wildman–Crippen MR) is 69.3 cm³/mol. The summed E-state index contributed by atoms with van der Waals surface area (Å²) in [4.78, 5) is 0. The van der Waals surface area contributed by atoms with Gasteiger partial charge in [-0.15, -0.1) is 0 Å². The third-order valence-corrected chi connectivity index (χ3v) is 3.86. The van der Waals surface area contributed by atoms with Gasteiger partial charge in [-0.3, -0.25) is 0 Å². The summed E-state index contributed by atoms with van der Waals surface area (Å²) in [6, 6.07) is 12.1. The molecule has 0 bridgehead atoms. The maximum absolute atomic E-state index is 12.9. The summed E-state index contributed by atoms with van der Waals surface area (Å²) in [6.07, 6.45) is 0.0637. The van der Waals surface area contributed by atoms with Gasteiger partial charge in [0.15, 0.2) is 0 Å². The fraction of sp³-hybridized carbons (Fsp3) is 0.200. The Morgan fingerprint density at radius 1 is 1.11 bits per heavy atom. The Bertz CT molecular complexity index is 580. The van der Waals surface area contributed by atoms with Gasteiger partial charge in [0.1, 0.15) is 5.82 Å². The molecule has 0 spiro atoms. The van der Waals surface area contributed by atoms with Gasteiger partial charge in [0.05, 0.1) is 6.10 Å². The monoisotopic (exact) mass is 262 g/mol. The highest BCUT2D eigenvalue weighted by Crippen LogP contribution is 2.46. The van der Waals surface area contributed by atoms with Crippen LogP contribution in [0, 0.1) is 5.82 Å². The van der Waals surface area contributed by atoms with Gasteiger partial charge in [-0.2, -0.15) is 0 Å². The van der Waals surface area contributed by atoms with Crippen molar-refractivity contribution < 1.29 is 9.50 Å². The quantitative estimate of drug-likeness (QED) is 0.822. The summed E-state index contributed by atoms with van der Waals surface area (Å²) < 4.78 is 12.9. The van der Waals surface area contributed by atoms with E-state index in [0.29, 0.717) is 11.4 Å². The van der Waals surface area contributed by atoms with E-state index >= 15 is 0 Å². The summed E-state index contributed by atoms with van der Waals surface area (Å²) in [6.45, 7) is 0. The van der Waals surface area contributed by atoms with Gasteiger partial charge < -0.3 is 5.11 Å². The first-order valence-electron chi connectivity index (χ1n) is 5.88. The molecule has 1 aliphatic rings. The lowest BCUT2D eigenvalue weighted by Gasteiger charge is -2.11. The molecule has 18 heavy (non-hydrogen) atoms. The summed E-state index contributed by atoms with van der Waals surface area (Å²) in [5, 5.41) is 10.7. The Morgan fingerprint density at radius 2 is 1.83 bits per heavy atom. The minimum Gasteiger partial charge on any atom is -0.388 e. The van der Waals surface area contributed by atoms with Gasteiger partial charge in [-0.1, -0.05) is 35.9 Å². The van der Waals surface area contributed by atoms with E-state index in [-0.39, 0.29) is 11.7 Å². The fourth-order valence-corrected chi connectivity index (χ4v) is 3.00. The molecule has 0 saturated heterocycles. The number of rotatable bonds is 1. The Hall–Kier alpha value is -1.38. The lowest BCUT2D eigenvalue weighted by atomic mass is 9.93. The molecule has 2 aromatic carbocycles. The Balaban J connectivity index is 2.08. The van der Waals surface area contributed by atoms with Crippen molar-refractivity contribution in [3.8, 4) is 0 Å². The van der Waals surface area contributed by atoms with E-state index in [1.54, 1.807) is 18.2 Å². The lowest BCUT2D eigenvalue weighted by Crippen LogP contribution is -1.96. The maximum atomic E-state index is 12.9. The molecule has 3 rings (SSSR count). The molecule has 0 amide bonds. The maximum Gasteiger partial charge on any atom is 0.123 e. The van der Waals surface area contributed by atoms with E-state index in [4.69, 9.17) is 11.6 Å². The fourth-order valence-electron chi connectivity index (χ4n) is 2.69. The smallest absolute Gasteiger partial charge is 0.123 e. The molecule has 0 saturated carbocycles. The molecule has 1 aliphatic carbocycles. The summed E-state index contributed by atoms with van der Waals surface area (Å²) >= 11 is 6.12. The van der Waals surface area contributed by atoms with Gasteiger partial charge in [-0.25, -0.2) is 4.39 Å². The van der Waals surface area contributed by atoms with Crippen molar-refractivity contribution in [1.29, 1.82) is 0 Å². The highest BCUT2D eigenvalue weighted by atomic mass is 35.5. The molecule has 0 radical (unpaired) electrons. The normalized spacial score (nSPS) is 21.9. The van der Waals surface area contributed by atoms with Crippen LogP contribution in [0.3, 0.4) is 0 Å². The summed E-state index contributed by atoms with van der Waals surface area (Å²) in [5.41, 5.74) is 2.87. The molecule has 92 valence electrons. The minimum absolute atomic E-state index is 0.0919. The molecule has 1 nitrogen and oxygen atoms in total. The minimum atomic E-state index is -0.538. The molecule has 0 aromatic heterocycles. The Labute approximate surface area is 110 Å². The number of fused-ring (bicyclic) bond motifs is 1. The van der Waals surface area contributed by atoms with Crippen LogP contribution in [0.1, 0.15) is 35.1 Å². The zero-order valence-electron chi connectivity index (χ0n) is 9.61. The van der Waals surface area contributed by atoms with Gasteiger partial charge in [0.25, 0.3) is 0 Å². The molecular formula is C15H12ClFO. The molecule has 1 N–H and O–H groups in total. The summed E-state index contributed by atoms with van der Waals surface area (Å²) in [5.74, 6) is -0.155. The van der Waals surface area contributed by atoms with Crippen molar-refractivity contribution in [3.05, 3.63) is 70.0 Å². The number of aliphatic hydroxyl groups excluding tert-OH is 1. The van der Waals surface area contributed by atoms with E-state index in [1.165, 1.54) is 12.1 Å². The van der Waals surface area contributed by atoms with E-state index in [9.17, 15) is 9.50 Å². The largest absolute Gasteiger partial charge is 0.388 e. The second kappa shape index (κ2) is 4.38. The molecule has 0 heterocycles. The number of benzene rings is 2. The number of halogens is 2.